The standard InChI is InChI=1S/C18H16N4O4/c1-21(12-8-6-11(7-9-12)16(19)24)15(23)10-22-17(25)13-4-2-3-5-14(13)20-18(22)26/h2-9H,10H2,1H3,(H2,19,24)(H,20,26). The number of aromatic amines is 1. The number of amides is 2. The average Bonchev–Trinajstić information content (AvgIpc) is 2.64. The molecule has 8 nitrogen and oxygen atoms in total. The number of anilines is 1. The van der Waals surface area contributed by atoms with Crippen molar-refractivity contribution in [3.05, 3.63) is 74.9 Å². The highest BCUT2D eigenvalue weighted by atomic mass is 16.2. The first-order valence-corrected chi connectivity index (χ1v) is 7.77. The first-order chi connectivity index (χ1) is 12.4. The largest absolute Gasteiger partial charge is 0.366 e. The molecule has 2 amide bonds. The molecule has 0 bridgehead atoms. The van der Waals surface area contributed by atoms with Crippen molar-refractivity contribution in [3.63, 3.8) is 0 Å². The third-order valence-electron chi connectivity index (χ3n) is 4.10. The highest BCUT2D eigenvalue weighted by molar-refractivity contribution is 5.95. The summed E-state index contributed by atoms with van der Waals surface area (Å²) in [6.45, 7) is -0.410. The first kappa shape index (κ1) is 17.2. The minimum absolute atomic E-state index is 0.316. The second-order valence-corrected chi connectivity index (χ2v) is 5.73. The highest BCUT2D eigenvalue weighted by Crippen LogP contribution is 2.14. The number of carbonyl (C=O) groups is 2. The number of benzene rings is 2. The maximum Gasteiger partial charge on any atom is 0.329 e. The second kappa shape index (κ2) is 6.67. The van der Waals surface area contributed by atoms with Crippen molar-refractivity contribution in [2.45, 2.75) is 6.54 Å². The minimum atomic E-state index is -0.653. The van der Waals surface area contributed by atoms with E-state index in [2.05, 4.69) is 4.98 Å². The van der Waals surface area contributed by atoms with Crippen LogP contribution in [0.1, 0.15) is 10.4 Å². The molecule has 8 heteroatoms. The number of primary amides is 1. The summed E-state index contributed by atoms with van der Waals surface area (Å²) >= 11 is 0. The second-order valence-electron chi connectivity index (χ2n) is 5.73. The van der Waals surface area contributed by atoms with Gasteiger partial charge in [0.05, 0.1) is 10.9 Å². The fourth-order valence-electron chi connectivity index (χ4n) is 2.58. The van der Waals surface area contributed by atoms with Gasteiger partial charge in [0, 0.05) is 18.3 Å². The lowest BCUT2D eigenvalue weighted by Gasteiger charge is -2.18. The Hall–Kier alpha value is -3.68. The van der Waals surface area contributed by atoms with Crippen LogP contribution in [0.25, 0.3) is 10.9 Å². The molecule has 0 aliphatic heterocycles. The van der Waals surface area contributed by atoms with Gasteiger partial charge in [-0.25, -0.2) is 4.79 Å². The van der Waals surface area contributed by atoms with Gasteiger partial charge in [-0.3, -0.25) is 19.0 Å². The van der Waals surface area contributed by atoms with Crippen LogP contribution >= 0.6 is 0 Å². The van der Waals surface area contributed by atoms with E-state index in [9.17, 15) is 19.2 Å². The van der Waals surface area contributed by atoms with Crippen LogP contribution in [0, 0.1) is 0 Å². The number of aromatic nitrogens is 2. The number of fused-ring (bicyclic) bond motifs is 1. The molecule has 0 fully saturated rings. The van der Waals surface area contributed by atoms with Crippen LogP contribution in [-0.2, 0) is 11.3 Å². The monoisotopic (exact) mass is 352 g/mol. The van der Waals surface area contributed by atoms with Crippen LogP contribution in [0.15, 0.2) is 58.1 Å². The number of para-hydroxylation sites is 1. The molecular weight excluding hydrogens is 336 g/mol. The zero-order valence-corrected chi connectivity index (χ0v) is 13.9. The van der Waals surface area contributed by atoms with Crippen molar-refractivity contribution in [1.82, 2.24) is 9.55 Å². The quantitative estimate of drug-likeness (QED) is 0.709. The summed E-state index contributed by atoms with van der Waals surface area (Å²) in [7, 11) is 1.52. The number of carbonyl (C=O) groups excluding carboxylic acids is 2. The van der Waals surface area contributed by atoms with Crippen molar-refractivity contribution in [2.24, 2.45) is 5.73 Å². The summed E-state index contributed by atoms with van der Waals surface area (Å²) in [6.07, 6.45) is 0. The van der Waals surface area contributed by atoms with Crippen LogP contribution in [0.5, 0.6) is 0 Å². The zero-order valence-electron chi connectivity index (χ0n) is 13.9. The van der Waals surface area contributed by atoms with Gasteiger partial charge in [0.1, 0.15) is 6.54 Å². The average molecular weight is 352 g/mol. The third kappa shape index (κ3) is 3.12. The Balaban J connectivity index is 1.90. The Kier molecular flexibility index (Phi) is 4.40. The highest BCUT2D eigenvalue weighted by Gasteiger charge is 2.16. The Morgan fingerprint density at radius 3 is 2.38 bits per heavy atom. The lowest BCUT2D eigenvalue weighted by Crippen LogP contribution is -2.41. The number of rotatable bonds is 4. The first-order valence-electron chi connectivity index (χ1n) is 7.77. The summed E-state index contributed by atoms with van der Waals surface area (Å²) in [5.74, 6) is -1.03. The number of hydrogen-bond acceptors (Lipinski definition) is 4. The van der Waals surface area contributed by atoms with Crippen LogP contribution in [-0.4, -0.2) is 28.4 Å². The number of hydrogen-bond donors (Lipinski definition) is 2. The molecule has 132 valence electrons. The molecule has 3 N–H and O–H groups in total. The molecule has 3 rings (SSSR count). The van der Waals surface area contributed by atoms with E-state index in [1.165, 1.54) is 24.1 Å². The molecule has 26 heavy (non-hydrogen) atoms. The Labute approximate surface area is 147 Å². The third-order valence-corrected chi connectivity index (χ3v) is 4.10. The molecule has 0 atom stereocenters. The van der Waals surface area contributed by atoms with E-state index in [4.69, 9.17) is 5.73 Å². The van der Waals surface area contributed by atoms with Gasteiger partial charge in [-0.2, -0.15) is 0 Å². The van der Waals surface area contributed by atoms with E-state index in [-0.39, 0.29) is 0 Å². The Morgan fingerprint density at radius 2 is 1.73 bits per heavy atom. The van der Waals surface area contributed by atoms with Gasteiger partial charge < -0.3 is 15.6 Å². The number of nitrogens with one attached hydrogen (secondary N) is 1. The van der Waals surface area contributed by atoms with Gasteiger partial charge in [0.15, 0.2) is 0 Å². The number of nitrogens with zero attached hydrogens (tertiary/aromatic N) is 2. The predicted molar refractivity (Wildman–Crippen MR) is 97.2 cm³/mol. The fraction of sp³-hybridized carbons (Fsp3) is 0.111. The summed E-state index contributed by atoms with van der Waals surface area (Å²) in [5.41, 5.74) is 5.24. The molecule has 0 aliphatic rings. The van der Waals surface area contributed by atoms with E-state index in [1.54, 1.807) is 36.4 Å². The van der Waals surface area contributed by atoms with Crippen LogP contribution < -0.4 is 21.9 Å². The molecule has 3 aromatic rings. The van der Waals surface area contributed by atoms with Crippen molar-refractivity contribution in [1.29, 1.82) is 0 Å². The van der Waals surface area contributed by atoms with Crippen molar-refractivity contribution in [3.8, 4) is 0 Å². The van der Waals surface area contributed by atoms with Crippen LogP contribution in [0.3, 0.4) is 0 Å². The molecule has 0 saturated heterocycles. The van der Waals surface area contributed by atoms with E-state index in [1.807, 2.05) is 0 Å². The van der Waals surface area contributed by atoms with Gasteiger partial charge in [-0.15, -0.1) is 0 Å². The number of likely N-dealkylation sites (N-methyl/N-ethyl adjacent to an activating group) is 1. The van der Waals surface area contributed by atoms with Gasteiger partial charge in [-0.05, 0) is 36.4 Å². The fourth-order valence-corrected chi connectivity index (χ4v) is 2.58. The Morgan fingerprint density at radius 1 is 1.08 bits per heavy atom. The molecule has 1 aromatic heterocycles. The zero-order chi connectivity index (χ0) is 18.8. The molecule has 0 radical (unpaired) electrons. The van der Waals surface area contributed by atoms with Gasteiger partial charge in [0.25, 0.3) is 5.56 Å². The lowest BCUT2D eigenvalue weighted by molar-refractivity contribution is -0.119. The topological polar surface area (TPSA) is 118 Å². The van der Waals surface area contributed by atoms with Gasteiger partial charge in [-0.1, -0.05) is 12.1 Å². The predicted octanol–water partition coefficient (Wildman–Crippen LogP) is 0.452. The van der Waals surface area contributed by atoms with E-state index < -0.39 is 29.6 Å². The normalized spacial score (nSPS) is 10.7. The maximum atomic E-state index is 12.5. The molecule has 0 unspecified atom stereocenters. The maximum absolute atomic E-state index is 12.5. The van der Waals surface area contributed by atoms with Crippen molar-refractivity contribution < 1.29 is 9.59 Å². The summed E-state index contributed by atoms with van der Waals surface area (Å²) < 4.78 is 0.860. The van der Waals surface area contributed by atoms with Crippen molar-refractivity contribution >= 4 is 28.4 Å². The van der Waals surface area contributed by atoms with E-state index in [0.29, 0.717) is 22.2 Å². The van der Waals surface area contributed by atoms with E-state index in [0.717, 1.165) is 4.57 Å². The summed E-state index contributed by atoms with van der Waals surface area (Å²) in [5, 5.41) is 0.327. The molecular formula is C18H16N4O4. The van der Waals surface area contributed by atoms with Crippen LogP contribution in [0.2, 0.25) is 0 Å². The molecule has 0 saturated carbocycles. The van der Waals surface area contributed by atoms with Gasteiger partial charge >= 0.3 is 5.69 Å². The SMILES string of the molecule is CN(C(=O)Cn1c(=O)[nH]c2ccccc2c1=O)c1ccc(C(N)=O)cc1. The molecule has 0 aliphatic carbocycles. The number of nitrogens with two attached hydrogens (primary N) is 1. The minimum Gasteiger partial charge on any atom is -0.366 e. The molecule has 1 heterocycles. The lowest BCUT2D eigenvalue weighted by atomic mass is 10.2. The van der Waals surface area contributed by atoms with Gasteiger partial charge in [0.2, 0.25) is 11.8 Å². The molecule has 2 aromatic carbocycles. The smallest absolute Gasteiger partial charge is 0.329 e. The van der Waals surface area contributed by atoms with Crippen LogP contribution in [0.4, 0.5) is 5.69 Å². The number of H-pyrrole nitrogens is 1. The Bertz CT molecular complexity index is 1110. The summed E-state index contributed by atoms with van der Waals surface area (Å²) in [4.78, 5) is 52.1. The summed E-state index contributed by atoms with van der Waals surface area (Å²) in [6, 6.07) is 12.7. The van der Waals surface area contributed by atoms with E-state index >= 15 is 0 Å². The van der Waals surface area contributed by atoms with Crippen molar-refractivity contribution in [2.75, 3.05) is 11.9 Å². The molecule has 0 spiro atoms.